The van der Waals surface area contributed by atoms with Gasteiger partial charge in [-0.1, -0.05) is 18.2 Å². The van der Waals surface area contributed by atoms with Crippen molar-refractivity contribution in [3.63, 3.8) is 0 Å². The summed E-state index contributed by atoms with van der Waals surface area (Å²) in [6.07, 6.45) is 0. The zero-order valence-corrected chi connectivity index (χ0v) is 15.8. The van der Waals surface area contributed by atoms with E-state index in [0.717, 1.165) is 0 Å². The van der Waals surface area contributed by atoms with E-state index in [-0.39, 0.29) is 29.8 Å². The number of amides is 2. The Morgan fingerprint density at radius 2 is 1.48 bits per heavy atom. The van der Waals surface area contributed by atoms with Crippen LogP contribution in [-0.2, 0) is 14.8 Å². The normalized spacial score (nSPS) is 15.4. The lowest BCUT2D eigenvalue weighted by molar-refractivity contribution is -0.114. The van der Waals surface area contributed by atoms with Crippen molar-refractivity contribution in [2.24, 2.45) is 0 Å². The molecular weight excluding hydrogens is 366 g/mol. The number of rotatable bonds is 4. The quantitative estimate of drug-likeness (QED) is 0.867. The summed E-state index contributed by atoms with van der Waals surface area (Å²) in [7, 11) is -3.54. The zero-order valence-electron chi connectivity index (χ0n) is 15.0. The molecule has 0 unspecified atom stereocenters. The van der Waals surface area contributed by atoms with Crippen LogP contribution < -0.4 is 5.32 Å². The van der Waals surface area contributed by atoms with Crippen molar-refractivity contribution in [3.8, 4) is 0 Å². The Hall–Kier alpha value is -2.71. The minimum absolute atomic E-state index is 0.152. The van der Waals surface area contributed by atoms with Gasteiger partial charge in [0.15, 0.2) is 0 Å². The molecule has 3 rings (SSSR count). The Bertz CT molecular complexity index is 919. The van der Waals surface area contributed by atoms with Gasteiger partial charge in [0.1, 0.15) is 0 Å². The second-order valence-corrected chi connectivity index (χ2v) is 8.21. The van der Waals surface area contributed by atoms with Crippen LogP contribution in [0.4, 0.5) is 5.69 Å². The molecule has 2 aromatic carbocycles. The Kier molecular flexibility index (Phi) is 5.57. The van der Waals surface area contributed by atoms with E-state index >= 15 is 0 Å². The number of anilines is 1. The lowest BCUT2D eigenvalue weighted by atomic mass is 10.1. The molecular formula is C19H21N3O4S. The molecule has 27 heavy (non-hydrogen) atoms. The predicted molar refractivity (Wildman–Crippen MR) is 102 cm³/mol. The number of carbonyl (C=O) groups excluding carboxylic acids is 2. The second kappa shape index (κ2) is 7.89. The zero-order chi connectivity index (χ0) is 19.4. The number of nitrogens with one attached hydrogen (secondary N) is 1. The van der Waals surface area contributed by atoms with Crippen molar-refractivity contribution in [2.45, 2.75) is 11.8 Å². The SMILES string of the molecule is CC(=O)Nc1ccc(C(=O)N2CCN(S(=O)(=O)c3ccccc3)CC2)cc1. The molecule has 0 saturated carbocycles. The number of carbonyl (C=O) groups is 2. The van der Waals surface area contributed by atoms with Gasteiger partial charge in [-0.05, 0) is 36.4 Å². The molecule has 2 aromatic rings. The molecule has 0 aromatic heterocycles. The molecule has 1 N–H and O–H groups in total. The molecule has 8 heteroatoms. The molecule has 1 aliphatic heterocycles. The van der Waals surface area contributed by atoms with Gasteiger partial charge in [0, 0.05) is 44.4 Å². The Morgan fingerprint density at radius 1 is 0.889 bits per heavy atom. The van der Waals surface area contributed by atoms with Crippen LogP contribution in [0.2, 0.25) is 0 Å². The van der Waals surface area contributed by atoms with Gasteiger partial charge >= 0.3 is 0 Å². The summed E-state index contributed by atoms with van der Waals surface area (Å²) < 4.78 is 26.7. The number of sulfonamides is 1. The van der Waals surface area contributed by atoms with Crippen molar-refractivity contribution in [1.82, 2.24) is 9.21 Å². The number of hydrogen-bond acceptors (Lipinski definition) is 4. The summed E-state index contributed by atoms with van der Waals surface area (Å²) in [6, 6.07) is 14.9. The summed E-state index contributed by atoms with van der Waals surface area (Å²) in [4.78, 5) is 25.6. The van der Waals surface area contributed by atoms with E-state index in [1.165, 1.54) is 11.2 Å². The van der Waals surface area contributed by atoms with Gasteiger partial charge in [-0.2, -0.15) is 4.31 Å². The number of piperazine rings is 1. The summed E-state index contributed by atoms with van der Waals surface area (Å²) in [5, 5.41) is 2.65. The summed E-state index contributed by atoms with van der Waals surface area (Å²) >= 11 is 0. The predicted octanol–water partition coefficient (Wildman–Crippen LogP) is 1.79. The molecule has 0 atom stereocenters. The van der Waals surface area contributed by atoms with Crippen LogP contribution in [0.25, 0.3) is 0 Å². The average molecular weight is 387 g/mol. The highest BCUT2D eigenvalue weighted by Gasteiger charge is 2.30. The monoisotopic (exact) mass is 387 g/mol. The maximum Gasteiger partial charge on any atom is 0.253 e. The maximum atomic E-state index is 12.6. The third-order valence-electron chi connectivity index (χ3n) is 4.36. The summed E-state index contributed by atoms with van der Waals surface area (Å²) in [6.45, 7) is 2.60. The number of nitrogens with zero attached hydrogens (tertiary/aromatic N) is 2. The molecule has 1 heterocycles. The van der Waals surface area contributed by atoms with Crippen molar-refractivity contribution < 1.29 is 18.0 Å². The van der Waals surface area contributed by atoms with Crippen molar-refractivity contribution >= 4 is 27.5 Å². The van der Waals surface area contributed by atoms with Crippen molar-refractivity contribution in [3.05, 3.63) is 60.2 Å². The Balaban J connectivity index is 1.63. The van der Waals surface area contributed by atoms with Gasteiger partial charge in [0.2, 0.25) is 15.9 Å². The third-order valence-corrected chi connectivity index (χ3v) is 6.27. The molecule has 0 spiro atoms. The number of hydrogen-bond donors (Lipinski definition) is 1. The molecule has 2 amide bonds. The van der Waals surface area contributed by atoms with Crippen LogP contribution in [-0.4, -0.2) is 55.6 Å². The van der Waals surface area contributed by atoms with E-state index < -0.39 is 10.0 Å². The largest absolute Gasteiger partial charge is 0.336 e. The molecule has 0 radical (unpaired) electrons. The van der Waals surface area contributed by atoms with Gasteiger partial charge in [0.25, 0.3) is 5.91 Å². The molecule has 0 aliphatic carbocycles. The van der Waals surface area contributed by atoms with Crippen LogP contribution >= 0.6 is 0 Å². The Labute approximate surface area is 158 Å². The van der Waals surface area contributed by atoms with Crippen LogP contribution in [0.15, 0.2) is 59.5 Å². The fraction of sp³-hybridized carbons (Fsp3) is 0.263. The molecule has 0 bridgehead atoms. The highest BCUT2D eigenvalue weighted by Crippen LogP contribution is 2.18. The van der Waals surface area contributed by atoms with Crippen LogP contribution in [0.5, 0.6) is 0 Å². The molecule has 7 nitrogen and oxygen atoms in total. The van der Waals surface area contributed by atoms with E-state index in [0.29, 0.717) is 24.3 Å². The first-order valence-corrected chi connectivity index (χ1v) is 10.0. The van der Waals surface area contributed by atoms with E-state index in [1.807, 2.05) is 0 Å². The van der Waals surface area contributed by atoms with E-state index in [2.05, 4.69) is 5.32 Å². The summed E-state index contributed by atoms with van der Waals surface area (Å²) in [5.74, 6) is -0.328. The minimum Gasteiger partial charge on any atom is -0.336 e. The second-order valence-electron chi connectivity index (χ2n) is 6.27. The van der Waals surface area contributed by atoms with Crippen LogP contribution in [0.3, 0.4) is 0 Å². The van der Waals surface area contributed by atoms with Gasteiger partial charge in [-0.15, -0.1) is 0 Å². The standard InChI is InChI=1S/C19H21N3O4S/c1-15(23)20-17-9-7-16(8-10-17)19(24)21-11-13-22(14-12-21)27(25,26)18-5-3-2-4-6-18/h2-10H,11-14H2,1H3,(H,20,23). The minimum atomic E-state index is -3.54. The highest BCUT2D eigenvalue weighted by molar-refractivity contribution is 7.89. The van der Waals surface area contributed by atoms with Crippen molar-refractivity contribution in [1.29, 1.82) is 0 Å². The fourth-order valence-electron chi connectivity index (χ4n) is 2.96. The maximum absolute atomic E-state index is 12.6. The first-order valence-electron chi connectivity index (χ1n) is 8.60. The fourth-order valence-corrected chi connectivity index (χ4v) is 4.40. The molecule has 1 aliphatic rings. The first-order chi connectivity index (χ1) is 12.9. The Morgan fingerprint density at radius 3 is 2.04 bits per heavy atom. The van der Waals surface area contributed by atoms with E-state index in [4.69, 9.17) is 0 Å². The average Bonchev–Trinajstić information content (AvgIpc) is 2.68. The molecule has 142 valence electrons. The third kappa shape index (κ3) is 4.35. The van der Waals surface area contributed by atoms with Gasteiger partial charge < -0.3 is 10.2 Å². The topological polar surface area (TPSA) is 86.8 Å². The van der Waals surface area contributed by atoms with Gasteiger partial charge in [-0.25, -0.2) is 8.42 Å². The van der Waals surface area contributed by atoms with E-state index in [1.54, 1.807) is 59.5 Å². The molecule has 1 fully saturated rings. The number of benzene rings is 2. The van der Waals surface area contributed by atoms with Crippen molar-refractivity contribution in [2.75, 3.05) is 31.5 Å². The van der Waals surface area contributed by atoms with Crippen LogP contribution in [0, 0.1) is 0 Å². The molecule has 1 saturated heterocycles. The lowest BCUT2D eigenvalue weighted by Gasteiger charge is -2.34. The lowest BCUT2D eigenvalue weighted by Crippen LogP contribution is -2.50. The van der Waals surface area contributed by atoms with Gasteiger partial charge in [0.05, 0.1) is 4.90 Å². The smallest absolute Gasteiger partial charge is 0.253 e. The summed E-state index contributed by atoms with van der Waals surface area (Å²) in [5.41, 5.74) is 1.13. The van der Waals surface area contributed by atoms with Gasteiger partial charge in [-0.3, -0.25) is 9.59 Å². The first kappa shape index (κ1) is 19.1. The van der Waals surface area contributed by atoms with E-state index in [9.17, 15) is 18.0 Å². The van der Waals surface area contributed by atoms with Crippen LogP contribution in [0.1, 0.15) is 17.3 Å². The highest BCUT2D eigenvalue weighted by atomic mass is 32.2.